The number of nitrogens with one attached hydrogen (secondary N) is 1. The summed E-state index contributed by atoms with van der Waals surface area (Å²) in [5, 5.41) is 13.1. The number of nitrogens with zero attached hydrogens (tertiary/aromatic N) is 1. The molecule has 3 rings (SSSR count). The normalized spacial score (nSPS) is 17.4. The Labute approximate surface area is 140 Å². The number of fused-ring (bicyclic) bond motifs is 1. The first-order valence-electron chi connectivity index (χ1n) is 6.98. The Balaban J connectivity index is 2.11. The molecule has 0 saturated carbocycles. The maximum Gasteiger partial charge on any atom is 0.406 e. The van der Waals surface area contributed by atoms with Gasteiger partial charge in [-0.3, -0.25) is 4.79 Å². The molecule has 0 radical (unpaired) electrons. The molecule has 0 saturated heterocycles. The zero-order chi connectivity index (χ0) is 17.5. The first kappa shape index (κ1) is 16.4. The fourth-order valence-electron chi connectivity index (χ4n) is 2.64. The van der Waals surface area contributed by atoms with Gasteiger partial charge in [-0.05, 0) is 30.3 Å². The summed E-state index contributed by atoms with van der Waals surface area (Å²) in [5.41, 5.74) is 0.624. The topological polar surface area (TPSA) is 52.6 Å². The van der Waals surface area contributed by atoms with Crippen molar-refractivity contribution in [3.8, 4) is 5.75 Å². The second kappa shape index (κ2) is 5.90. The zero-order valence-electron chi connectivity index (χ0n) is 12.1. The number of amides is 1. The number of rotatable bonds is 2. The maximum absolute atomic E-state index is 12.9. The summed E-state index contributed by atoms with van der Waals surface area (Å²) >= 11 is 5.89. The van der Waals surface area contributed by atoms with Gasteiger partial charge >= 0.3 is 6.18 Å². The molecule has 1 aliphatic heterocycles. The number of hydrogen-bond acceptors (Lipinski definition) is 3. The van der Waals surface area contributed by atoms with E-state index in [1.165, 1.54) is 24.3 Å². The van der Waals surface area contributed by atoms with Gasteiger partial charge in [-0.2, -0.15) is 13.2 Å². The summed E-state index contributed by atoms with van der Waals surface area (Å²) < 4.78 is 38.8. The standard InChI is InChI=1S/C16H12ClF3N2O2/c17-9-5-6-13(23)11(7-9)14-21-12-4-2-1-3-10(12)15(24)22(14)8-16(18,19)20/h1-7,14,21,23H,8H2/t14-/m1/s1. The van der Waals surface area contributed by atoms with E-state index in [-0.39, 0.29) is 21.9 Å². The lowest BCUT2D eigenvalue weighted by atomic mass is 10.0. The van der Waals surface area contributed by atoms with Crippen molar-refractivity contribution < 1.29 is 23.1 Å². The Kier molecular flexibility index (Phi) is 4.04. The molecule has 0 spiro atoms. The summed E-state index contributed by atoms with van der Waals surface area (Å²) in [6.45, 7) is -1.45. The van der Waals surface area contributed by atoms with Crippen LogP contribution < -0.4 is 5.32 Å². The number of phenols is 1. The Morgan fingerprint density at radius 1 is 1.21 bits per heavy atom. The third-order valence-electron chi connectivity index (χ3n) is 3.66. The first-order valence-corrected chi connectivity index (χ1v) is 7.36. The number of aromatic hydroxyl groups is 1. The van der Waals surface area contributed by atoms with Crippen LogP contribution in [0.1, 0.15) is 22.1 Å². The predicted octanol–water partition coefficient (Wildman–Crippen LogP) is 4.17. The highest BCUT2D eigenvalue weighted by Crippen LogP contribution is 2.38. The van der Waals surface area contributed by atoms with E-state index in [0.717, 1.165) is 0 Å². The van der Waals surface area contributed by atoms with Gasteiger partial charge in [-0.25, -0.2) is 0 Å². The molecule has 24 heavy (non-hydrogen) atoms. The minimum Gasteiger partial charge on any atom is -0.508 e. The van der Waals surface area contributed by atoms with Gasteiger partial charge in [0.2, 0.25) is 0 Å². The lowest BCUT2D eigenvalue weighted by Crippen LogP contribution is -2.47. The minimum absolute atomic E-state index is 0.0922. The molecule has 8 heteroatoms. The van der Waals surface area contributed by atoms with Crippen molar-refractivity contribution >= 4 is 23.2 Å². The Morgan fingerprint density at radius 2 is 1.92 bits per heavy atom. The lowest BCUT2D eigenvalue weighted by molar-refractivity contribution is -0.144. The van der Waals surface area contributed by atoms with Crippen molar-refractivity contribution in [3.05, 3.63) is 58.6 Å². The molecule has 126 valence electrons. The average Bonchev–Trinajstić information content (AvgIpc) is 2.51. The van der Waals surface area contributed by atoms with E-state index in [4.69, 9.17) is 11.6 Å². The van der Waals surface area contributed by atoms with E-state index in [9.17, 15) is 23.1 Å². The number of phenolic OH excluding ortho intramolecular Hbond substituents is 1. The number of hydrogen-bond donors (Lipinski definition) is 2. The molecular formula is C16H12ClF3N2O2. The molecule has 1 amide bonds. The van der Waals surface area contributed by atoms with Gasteiger partial charge in [0.25, 0.3) is 5.91 Å². The van der Waals surface area contributed by atoms with Crippen LogP contribution >= 0.6 is 11.6 Å². The SMILES string of the molecule is O=C1c2ccccc2N[C@@H](c2cc(Cl)ccc2O)N1CC(F)(F)F. The van der Waals surface area contributed by atoms with Gasteiger partial charge in [0.05, 0.1) is 5.56 Å². The van der Waals surface area contributed by atoms with Gasteiger partial charge in [0.15, 0.2) is 0 Å². The Hall–Kier alpha value is -2.41. The van der Waals surface area contributed by atoms with Gasteiger partial charge < -0.3 is 15.3 Å². The third-order valence-corrected chi connectivity index (χ3v) is 3.89. The van der Waals surface area contributed by atoms with Crippen LogP contribution in [0.25, 0.3) is 0 Å². The number of carbonyl (C=O) groups is 1. The van der Waals surface area contributed by atoms with Crippen molar-refractivity contribution in [1.29, 1.82) is 0 Å². The van der Waals surface area contributed by atoms with E-state index < -0.39 is 24.8 Å². The fourth-order valence-corrected chi connectivity index (χ4v) is 2.82. The summed E-state index contributed by atoms with van der Waals surface area (Å²) in [6, 6.07) is 10.3. The van der Waals surface area contributed by atoms with Gasteiger partial charge in [0, 0.05) is 16.3 Å². The molecule has 2 aromatic carbocycles. The summed E-state index contributed by atoms with van der Waals surface area (Å²) in [5.74, 6) is -1.03. The van der Waals surface area contributed by atoms with Gasteiger partial charge in [-0.1, -0.05) is 23.7 Å². The molecule has 0 unspecified atom stereocenters. The van der Waals surface area contributed by atoms with Crippen molar-refractivity contribution in [3.63, 3.8) is 0 Å². The summed E-state index contributed by atoms with van der Waals surface area (Å²) in [6.07, 6.45) is -5.77. The number of para-hydroxylation sites is 1. The minimum atomic E-state index is -4.59. The molecule has 1 heterocycles. The Bertz CT molecular complexity index is 795. The summed E-state index contributed by atoms with van der Waals surface area (Å²) in [4.78, 5) is 13.2. The van der Waals surface area contributed by atoms with Crippen LogP contribution in [0.4, 0.5) is 18.9 Å². The molecule has 0 aromatic heterocycles. The van der Waals surface area contributed by atoms with Crippen LogP contribution in [-0.2, 0) is 0 Å². The van der Waals surface area contributed by atoms with Gasteiger partial charge in [-0.15, -0.1) is 0 Å². The van der Waals surface area contributed by atoms with Crippen molar-refractivity contribution in [2.24, 2.45) is 0 Å². The molecule has 0 fully saturated rings. The smallest absolute Gasteiger partial charge is 0.406 e. The Morgan fingerprint density at radius 3 is 2.62 bits per heavy atom. The highest BCUT2D eigenvalue weighted by Gasteiger charge is 2.41. The highest BCUT2D eigenvalue weighted by molar-refractivity contribution is 6.30. The van der Waals surface area contributed by atoms with Crippen LogP contribution in [-0.4, -0.2) is 28.6 Å². The molecular weight excluding hydrogens is 345 g/mol. The molecule has 2 N–H and O–H groups in total. The van der Waals surface area contributed by atoms with E-state index >= 15 is 0 Å². The molecule has 2 aromatic rings. The maximum atomic E-state index is 12.9. The van der Waals surface area contributed by atoms with E-state index in [1.54, 1.807) is 18.2 Å². The summed E-state index contributed by atoms with van der Waals surface area (Å²) in [7, 11) is 0. The largest absolute Gasteiger partial charge is 0.508 e. The second-order valence-corrected chi connectivity index (χ2v) is 5.78. The highest BCUT2D eigenvalue weighted by atomic mass is 35.5. The van der Waals surface area contributed by atoms with Crippen LogP contribution in [0.3, 0.4) is 0 Å². The zero-order valence-corrected chi connectivity index (χ0v) is 12.9. The third kappa shape index (κ3) is 3.12. The number of halogens is 4. The quantitative estimate of drug-likeness (QED) is 0.849. The number of benzene rings is 2. The molecule has 1 aliphatic rings. The van der Waals surface area contributed by atoms with E-state index in [1.807, 2.05) is 0 Å². The average molecular weight is 357 g/mol. The van der Waals surface area contributed by atoms with Crippen LogP contribution in [0.5, 0.6) is 5.75 Å². The van der Waals surface area contributed by atoms with Crippen molar-refractivity contribution in [1.82, 2.24) is 4.90 Å². The molecule has 1 atom stereocenters. The van der Waals surface area contributed by atoms with Crippen LogP contribution in [0.15, 0.2) is 42.5 Å². The van der Waals surface area contributed by atoms with E-state index in [0.29, 0.717) is 10.6 Å². The van der Waals surface area contributed by atoms with E-state index in [2.05, 4.69) is 5.32 Å². The van der Waals surface area contributed by atoms with Crippen LogP contribution in [0, 0.1) is 0 Å². The number of anilines is 1. The van der Waals surface area contributed by atoms with Crippen molar-refractivity contribution in [2.75, 3.05) is 11.9 Å². The van der Waals surface area contributed by atoms with Crippen molar-refractivity contribution in [2.45, 2.75) is 12.3 Å². The fraction of sp³-hybridized carbons (Fsp3) is 0.188. The number of alkyl halides is 3. The number of carbonyl (C=O) groups excluding carboxylic acids is 1. The molecule has 0 bridgehead atoms. The second-order valence-electron chi connectivity index (χ2n) is 5.34. The first-order chi connectivity index (χ1) is 11.3. The van der Waals surface area contributed by atoms with Crippen LogP contribution in [0.2, 0.25) is 5.02 Å². The lowest BCUT2D eigenvalue weighted by Gasteiger charge is -2.38. The van der Waals surface area contributed by atoms with Gasteiger partial charge in [0.1, 0.15) is 18.5 Å². The molecule has 4 nitrogen and oxygen atoms in total. The predicted molar refractivity (Wildman–Crippen MR) is 83.0 cm³/mol. The monoisotopic (exact) mass is 356 g/mol. The molecule has 0 aliphatic carbocycles.